The molecule has 2 aliphatic heterocycles. The van der Waals surface area contributed by atoms with Crippen LogP contribution in [0.25, 0.3) is 0 Å². The average molecular weight is 352 g/mol. The van der Waals surface area contributed by atoms with Crippen molar-refractivity contribution < 1.29 is 18.0 Å². The zero-order valence-electron chi connectivity index (χ0n) is 13.5. The Morgan fingerprint density at radius 1 is 1.12 bits per heavy atom. The molecular formula is C15H20N4O4S. The number of nitrogens with zero attached hydrogens (tertiary/aromatic N) is 4. The minimum Gasteiger partial charge on any atom is -0.335 e. The van der Waals surface area contributed by atoms with E-state index in [0.29, 0.717) is 18.8 Å². The van der Waals surface area contributed by atoms with Crippen molar-refractivity contribution >= 4 is 21.7 Å². The van der Waals surface area contributed by atoms with Gasteiger partial charge >= 0.3 is 0 Å². The lowest BCUT2D eigenvalue weighted by Gasteiger charge is -2.44. The van der Waals surface area contributed by atoms with Crippen LogP contribution in [0.1, 0.15) is 23.3 Å². The summed E-state index contributed by atoms with van der Waals surface area (Å²) in [6.45, 7) is 0.759. The van der Waals surface area contributed by atoms with Crippen LogP contribution in [-0.4, -0.2) is 76.5 Å². The van der Waals surface area contributed by atoms with E-state index in [-0.39, 0.29) is 29.2 Å². The molecule has 3 fully saturated rings. The Morgan fingerprint density at radius 3 is 2.33 bits per heavy atom. The molecule has 24 heavy (non-hydrogen) atoms. The van der Waals surface area contributed by atoms with Crippen molar-refractivity contribution in [3.8, 4) is 0 Å². The molecule has 0 N–H and O–H groups in total. The van der Waals surface area contributed by atoms with Gasteiger partial charge in [-0.1, -0.05) is 0 Å². The molecule has 1 aliphatic carbocycles. The van der Waals surface area contributed by atoms with Gasteiger partial charge in [-0.25, -0.2) is 8.42 Å². The Kier molecular flexibility index (Phi) is 3.45. The molecule has 130 valence electrons. The van der Waals surface area contributed by atoms with Crippen LogP contribution in [0, 0.1) is 5.92 Å². The highest BCUT2D eigenvalue weighted by Crippen LogP contribution is 2.35. The Labute approximate surface area is 140 Å². The van der Waals surface area contributed by atoms with Gasteiger partial charge in [0.2, 0.25) is 5.91 Å². The van der Waals surface area contributed by atoms with E-state index in [4.69, 9.17) is 0 Å². The van der Waals surface area contributed by atoms with E-state index in [0.717, 1.165) is 12.8 Å². The summed E-state index contributed by atoms with van der Waals surface area (Å²) >= 11 is 0. The fourth-order valence-corrected chi connectivity index (χ4v) is 5.76. The molecule has 3 aliphatic rings. The minimum absolute atomic E-state index is 0.0493. The van der Waals surface area contributed by atoms with Gasteiger partial charge in [0.1, 0.15) is 5.69 Å². The molecule has 3 heterocycles. The number of amides is 2. The number of carbonyl (C=O) groups is 2. The molecule has 0 bridgehead atoms. The molecule has 4 rings (SSSR count). The first-order valence-corrected chi connectivity index (χ1v) is 9.99. The zero-order valence-corrected chi connectivity index (χ0v) is 14.3. The molecule has 9 heteroatoms. The van der Waals surface area contributed by atoms with Crippen molar-refractivity contribution in [2.75, 3.05) is 24.6 Å². The van der Waals surface area contributed by atoms with Gasteiger partial charge in [0, 0.05) is 32.3 Å². The van der Waals surface area contributed by atoms with Gasteiger partial charge in [-0.05, 0) is 18.9 Å². The number of hydrogen-bond donors (Lipinski definition) is 0. The molecule has 8 nitrogen and oxygen atoms in total. The monoisotopic (exact) mass is 352 g/mol. The van der Waals surface area contributed by atoms with Crippen molar-refractivity contribution in [3.05, 3.63) is 18.0 Å². The van der Waals surface area contributed by atoms with Gasteiger partial charge in [-0.3, -0.25) is 14.3 Å². The van der Waals surface area contributed by atoms with Gasteiger partial charge in [0.05, 0.1) is 23.6 Å². The van der Waals surface area contributed by atoms with Crippen LogP contribution in [-0.2, 0) is 21.7 Å². The summed E-state index contributed by atoms with van der Waals surface area (Å²) in [6.07, 6.45) is 3.32. The maximum Gasteiger partial charge on any atom is 0.272 e. The topological polar surface area (TPSA) is 92.6 Å². The van der Waals surface area contributed by atoms with Crippen LogP contribution >= 0.6 is 0 Å². The number of sulfone groups is 1. The van der Waals surface area contributed by atoms with Crippen LogP contribution < -0.4 is 0 Å². The Hall–Kier alpha value is -1.90. The Morgan fingerprint density at radius 2 is 1.75 bits per heavy atom. The highest BCUT2D eigenvalue weighted by Gasteiger charge is 2.51. The molecule has 0 aromatic carbocycles. The van der Waals surface area contributed by atoms with Gasteiger partial charge in [-0.15, -0.1) is 0 Å². The van der Waals surface area contributed by atoms with E-state index in [9.17, 15) is 18.0 Å². The SMILES string of the molecule is Cn1nccc1C(=O)N1CCN(C(=O)C2CC2)[C@@H]2CS(=O)(=O)C[C@@H]21. The van der Waals surface area contributed by atoms with Crippen molar-refractivity contribution in [1.29, 1.82) is 0 Å². The van der Waals surface area contributed by atoms with Gasteiger partial charge in [-0.2, -0.15) is 5.10 Å². The van der Waals surface area contributed by atoms with Gasteiger partial charge in [0.15, 0.2) is 9.84 Å². The maximum absolute atomic E-state index is 12.8. The molecule has 1 saturated carbocycles. The van der Waals surface area contributed by atoms with Crippen molar-refractivity contribution in [2.24, 2.45) is 13.0 Å². The lowest BCUT2D eigenvalue weighted by molar-refractivity contribution is -0.137. The van der Waals surface area contributed by atoms with Gasteiger partial charge < -0.3 is 9.80 Å². The highest BCUT2D eigenvalue weighted by molar-refractivity contribution is 7.91. The largest absolute Gasteiger partial charge is 0.335 e. The minimum atomic E-state index is -3.26. The summed E-state index contributed by atoms with van der Waals surface area (Å²) in [4.78, 5) is 28.6. The molecule has 0 unspecified atom stereocenters. The number of piperazine rings is 1. The van der Waals surface area contributed by atoms with E-state index in [1.165, 1.54) is 4.68 Å². The molecular weight excluding hydrogens is 332 g/mol. The van der Waals surface area contributed by atoms with E-state index in [1.807, 2.05) is 0 Å². The summed E-state index contributed by atoms with van der Waals surface area (Å²) < 4.78 is 25.8. The third kappa shape index (κ3) is 2.51. The standard InChI is InChI=1S/C15H20N4O4S/c1-17-11(4-5-16-17)15(21)19-7-6-18(14(20)10-2-3-10)12-8-24(22,23)9-13(12)19/h4-5,10,12-13H,2-3,6-9H2,1H3/t12-,13+/m1/s1. The van der Waals surface area contributed by atoms with Crippen LogP contribution in [0.2, 0.25) is 0 Å². The third-order valence-electron chi connectivity index (χ3n) is 5.19. The maximum atomic E-state index is 12.8. The fourth-order valence-electron chi connectivity index (χ4n) is 3.77. The number of fused-ring (bicyclic) bond motifs is 1. The van der Waals surface area contributed by atoms with Crippen molar-refractivity contribution in [2.45, 2.75) is 24.9 Å². The Bertz CT molecular complexity index is 798. The quantitative estimate of drug-likeness (QED) is 0.700. The van der Waals surface area contributed by atoms with Gasteiger partial charge in [0.25, 0.3) is 5.91 Å². The van der Waals surface area contributed by atoms with E-state index >= 15 is 0 Å². The smallest absolute Gasteiger partial charge is 0.272 e. The predicted molar refractivity (Wildman–Crippen MR) is 84.9 cm³/mol. The summed E-state index contributed by atoms with van der Waals surface area (Å²) in [5.41, 5.74) is 0.431. The summed E-state index contributed by atoms with van der Waals surface area (Å²) in [5, 5.41) is 4.01. The first-order chi connectivity index (χ1) is 11.4. The van der Waals surface area contributed by atoms with E-state index in [2.05, 4.69) is 5.10 Å². The van der Waals surface area contributed by atoms with Crippen LogP contribution in [0.3, 0.4) is 0 Å². The fraction of sp³-hybridized carbons (Fsp3) is 0.667. The number of rotatable bonds is 2. The van der Waals surface area contributed by atoms with Crippen molar-refractivity contribution in [3.63, 3.8) is 0 Å². The lowest BCUT2D eigenvalue weighted by Crippen LogP contribution is -2.62. The second kappa shape index (κ2) is 5.30. The van der Waals surface area contributed by atoms with Crippen LogP contribution in [0.5, 0.6) is 0 Å². The number of aromatic nitrogens is 2. The molecule has 1 aromatic heterocycles. The Balaban J connectivity index is 1.63. The number of carbonyl (C=O) groups excluding carboxylic acids is 2. The molecule has 1 aromatic rings. The van der Waals surface area contributed by atoms with E-state index in [1.54, 1.807) is 29.1 Å². The molecule has 2 saturated heterocycles. The summed E-state index contributed by atoms with van der Waals surface area (Å²) in [6, 6.07) is 0.741. The highest BCUT2D eigenvalue weighted by atomic mass is 32.2. The zero-order chi connectivity index (χ0) is 17.1. The predicted octanol–water partition coefficient (Wildman–Crippen LogP) is -0.720. The third-order valence-corrected chi connectivity index (χ3v) is 6.89. The second-order valence-corrected chi connectivity index (χ2v) is 9.01. The normalized spacial score (nSPS) is 28.7. The molecule has 0 spiro atoms. The molecule has 2 atom stereocenters. The van der Waals surface area contributed by atoms with Crippen molar-refractivity contribution in [1.82, 2.24) is 19.6 Å². The number of hydrogen-bond acceptors (Lipinski definition) is 5. The summed E-state index contributed by atoms with van der Waals surface area (Å²) in [7, 11) is -1.57. The lowest BCUT2D eigenvalue weighted by atomic mass is 10.0. The average Bonchev–Trinajstić information content (AvgIpc) is 3.20. The number of aryl methyl sites for hydroxylation is 1. The molecule has 0 radical (unpaired) electrons. The van der Waals surface area contributed by atoms with Crippen LogP contribution in [0.4, 0.5) is 0 Å². The van der Waals surface area contributed by atoms with E-state index < -0.39 is 21.9 Å². The first-order valence-electron chi connectivity index (χ1n) is 8.17. The second-order valence-electron chi connectivity index (χ2n) is 6.86. The first kappa shape index (κ1) is 15.6. The van der Waals surface area contributed by atoms with Crippen LogP contribution in [0.15, 0.2) is 12.3 Å². The molecule has 2 amide bonds. The summed E-state index contributed by atoms with van der Waals surface area (Å²) in [5.74, 6) is -0.246.